The van der Waals surface area contributed by atoms with Crippen molar-refractivity contribution in [1.82, 2.24) is 19.6 Å². The number of imidazole rings is 1. The van der Waals surface area contributed by atoms with Crippen molar-refractivity contribution in [3.63, 3.8) is 0 Å². The summed E-state index contributed by atoms with van der Waals surface area (Å²) in [6.07, 6.45) is 2.56. The third kappa shape index (κ3) is 2.89. The van der Waals surface area contributed by atoms with Crippen molar-refractivity contribution in [3.8, 4) is 23.0 Å². The molecular weight excluding hydrogens is 390 g/mol. The van der Waals surface area contributed by atoms with Gasteiger partial charge in [-0.3, -0.25) is 8.71 Å². The zero-order valence-electron chi connectivity index (χ0n) is 16.0. The monoisotopic (exact) mass is 409 g/mol. The van der Waals surface area contributed by atoms with E-state index in [9.17, 15) is 8.42 Å². The van der Waals surface area contributed by atoms with Crippen molar-refractivity contribution in [2.24, 2.45) is 0 Å². The van der Waals surface area contributed by atoms with Crippen LogP contribution in [-0.2, 0) is 10.0 Å². The first-order valence-electron chi connectivity index (χ1n) is 9.33. The Hall–Kier alpha value is -3.20. The van der Waals surface area contributed by atoms with Crippen LogP contribution in [0, 0.1) is 13.8 Å². The molecule has 4 aromatic rings. The van der Waals surface area contributed by atoms with Crippen LogP contribution < -0.4 is 4.31 Å². The fraction of sp³-hybridized carbons (Fsp3) is 0.250. The fourth-order valence-electron chi connectivity index (χ4n) is 3.77. The van der Waals surface area contributed by atoms with Gasteiger partial charge in [0.15, 0.2) is 0 Å². The van der Waals surface area contributed by atoms with Gasteiger partial charge in [-0.2, -0.15) is 0 Å². The van der Waals surface area contributed by atoms with Crippen LogP contribution in [0.3, 0.4) is 0 Å². The van der Waals surface area contributed by atoms with E-state index >= 15 is 0 Å². The zero-order chi connectivity index (χ0) is 20.2. The van der Waals surface area contributed by atoms with Crippen molar-refractivity contribution >= 4 is 21.4 Å². The summed E-state index contributed by atoms with van der Waals surface area (Å²) in [5.41, 5.74) is 4.69. The number of anilines is 1. The Morgan fingerprint density at radius 2 is 1.90 bits per heavy atom. The van der Waals surface area contributed by atoms with Crippen LogP contribution in [0.4, 0.5) is 5.69 Å². The maximum absolute atomic E-state index is 12.2. The van der Waals surface area contributed by atoms with Gasteiger partial charge in [0.2, 0.25) is 15.9 Å². The van der Waals surface area contributed by atoms with E-state index in [0.717, 1.165) is 28.2 Å². The largest absolute Gasteiger partial charge is 0.415 e. The molecule has 0 bridgehead atoms. The Labute approximate surface area is 167 Å². The third-order valence-corrected chi connectivity index (χ3v) is 7.03. The van der Waals surface area contributed by atoms with Gasteiger partial charge in [-0.1, -0.05) is 6.07 Å². The predicted octanol–water partition coefficient (Wildman–Crippen LogP) is 3.21. The molecule has 1 aliphatic heterocycles. The van der Waals surface area contributed by atoms with E-state index in [2.05, 4.69) is 15.2 Å². The molecule has 8 nitrogen and oxygen atoms in total. The van der Waals surface area contributed by atoms with Crippen LogP contribution in [0.5, 0.6) is 0 Å². The number of aromatic nitrogens is 4. The summed E-state index contributed by atoms with van der Waals surface area (Å²) in [7, 11) is -3.21. The van der Waals surface area contributed by atoms with E-state index in [-0.39, 0.29) is 5.75 Å². The van der Waals surface area contributed by atoms with Crippen molar-refractivity contribution in [2.75, 3.05) is 16.6 Å². The maximum Gasteiger partial charge on any atom is 0.266 e. The van der Waals surface area contributed by atoms with Crippen molar-refractivity contribution < 1.29 is 12.8 Å². The Bertz CT molecular complexity index is 1340. The van der Waals surface area contributed by atoms with Gasteiger partial charge in [-0.25, -0.2) is 13.4 Å². The fourth-order valence-corrected chi connectivity index (χ4v) is 5.33. The molecule has 0 atom stereocenters. The lowest BCUT2D eigenvalue weighted by molar-refractivity contribution is 0.580. The highest BCUT2D eigenvalue weighted by Crippen LogP contribution is 2.32. The van der Waals surface area contributed by atoms with Crippen LogP contribution in [0.2, 0.25) is 0 Å². The molecule has 3 aromatic heterocycles. The topological polar surface area (TPSA) is 93.6 Å². The van der Waals surface area contributed by atoms with Gasteiger partial charge < -0.3 is 4.42 Å². The quantitative estimate of drug-likeness (QED) is 0.516. The van der Waals surface area contributed by atoms with Crippen molar-refractivity contribution in [2.45, 2.75) is 20.3 Å². The smallest absolute Gasteiger partial charge is 0.266 e. The molecule has 0 spiro atoms. The number of benzene rings is 1. The van der Waals surface area contributed by atoms with E-state index in [4.69, 9.17) is 4.42 Å². The molecule has 29 heavy (non-hydrogen) atoms. The Kier molecular flexibility index (Phi) is 3.95. The summed E-state index contributed by atoms with van der Waals surface area (Å²) in [6, 6.07) is 11.2. The van der Waals surface area contributed by atoms with Gasteiger partial charge >= 0.3 is 0 Å². The molecule has 0 aliphatic carbocycles. The molecule has 4 heterocycles. The van der Waals surface area contributed by atoms with E-state index in [1.807, 2.05) is 54.8 Å². The summed E-state index contributed by atoms with van der Waals surface area (Å²) in [4.78, 5) is 4.53. The average Bonchev–Trinajstić information content (AvgIpc) is 3.37. The minimum Gasteiger partial charge on any atom is -0.415 e. The first-order valence-corrected chi connectivity index (χ1v) is 10.9. The summed E-state index contributed by atoms with van der Waals surface area (Å²) < 4.78 is 33.7. The van der Waals surface area contributed by atoms with Gasteiger partial charge in [-0.15, -0.1) is 10.2 Å². The Balaban J connectivity index is 1.53. The number of hydrogen-bond donors (Lipinski definition) is 0. The lowest BCUT2D eigenvalue weighted by Crippen LogP contribution is -2.25. The van der Waals surface area contributed by atoms with E-state index in [0.29, 0.717) is 30.4 Å². The summed E-state index contributed by atoms with van der Waals surface area (Å²) in [6.45, 7) is 4.33. The first-order chi connectivity index (χ1) is 13.9. The molecule has 1 saturated heterocycles. The summed E-state index contributed by atoms with van der Waals surface area (Å²) >= 11 is 0. The van der Waals surface area contributed by atoms with Gasteiger partial charge in [0.25, 0.3) is 5.89 Å². The van der Waals surface area contributed by atoms with Crippen LogP contribution in [0.15, 0.2) is 47.0 Å². The highest BCUT2D eigenvalue weighted by atomic mass is 32.2. The molecule has 1 aliphatic rings. The molecule has 148 valence electrons. The van der Waals surface area contributed by atoms with E-state index in [1.54, 1.807) is 6.07 Å². The number of nitrogens with zero attached hydrogens (tertiary/aromatic N) is 5. The van der Waals surface area contributed by atoms with E-state index < -0.39 is 10.0 Å². The zero-order valence-corrected chi connectivity index (χ0v) is 16.8. The SMILES string of the molecule is Cc1cc(N2CCCS2(=O)=O)ccc1-c1nnc(-c2c(C)nc3ccccn23)o1. The first kappa shape index (κ1) is 17.9. The molecular formula is C20H19N5O3S. The Morgan fingerprint density at radius 3 is 2.66 bits per heavy atom. The number of fused-ring (bicyclic) bond motifs is 1. The number of hydrogen-bond acceptors (Lipinski definition) is 6. The van der Waals surface area contributed by atoms with Crippen molar-refractivity contribution in [1.29, 1.82) is 0 Å². The van der Waals surface area contributed by atoms with Crippen molar-refractivity contribution in [3.05, 3.63) is 53.9 Å². The van der Waals surface area contributed by atoms with Gasteiger partial charge in [-0.05, 0) is 56.2 Å². The van der Waals surface area contributed by atoms with Crippen LogP contribution >= 0.6 is 0 Å². The number of pyridine rings is 1. The second kappa shape index (κ2) is 6.41. The van der Waals surface area contributed by atoms with Crippen LogP contribution in [-0.4, -0.2) is 40.3 Å². The lowest BCUT2D eigenvalue weighted by atomic mass is 10.1. The van der Waals surface area contributed by atoms with Crippen LogP contribution in [0.25, 0.3) is 28.7 Å². The Morgan fingerprint density at radius 1 is 1.07 bits per heavy atom. The molecule has 9 heteroatoms. The highest BCUT2D eigenvalue weighted by molar-refractivity contribution is 7.93. The highest BCUT2D eigenvalue weighted by Gasteiger charge is 2.29. The van der Waals surface area contributed by atoms with Gasteiger partial charge in [0.05, 0.1) is 17.1 Å². The number of sulfonamides is 1. The molecule has 0 radical (unpaired) electrons. The number of rotatable bonds is 3. The molecule has 0 saturated carbocycles. The molecule has 0 amide bonds. The predicted molar refractivity (Wildman–Crippen MR) is 109 cm³/mol. The molecule has 0 unspecified atom stereocenters. The standard InChI is InChI=1S/C20H19N5O3S/c1-13-12-15(25-10-5-11-29(25,26)27)7-8-16(13)19-22-23-20(28-19)18-14(2)21-17-6-3-4-9-24(17)18/h3-4,6-9,12H,5,10-11H2,1-2H3. The second-order valence-corrected chi connectivity index (χ2v) is 9.14. The molecule has 1 aromatic carbocycles. The molecule has 5 rings (SSSR count). The maximum atomic E-state index is 12.2. The normalized spacial score (nSPS) is 16.0. The minimum absolute atomic E-state index is 0.194. The summed E-state index contributed by atoms with van der Waals surface area (Å²) in [5.74, 6) is 0.972. The van der Waals surface area contributed by atoms with Gasteiger partial charge in [0, 0.05) is 18.3 Å². The second-order valence-electron chi connectivity index (χ2n) is 7.13. The molecule has 1 fully saturated rings. The van der Waals surface area contributed by atoms with E-state index in [1.165, 1.54) is 4.31 Å². The average molecular weight is 409 g/mol. The summed E-state index contributed by atoms with van der Waals surface area (Å²) in [5, 5.41) is 8.44. The minimum atomic E-state index is -3.21. The van der Waals surface area contributed by atoms with Crippen LogP contribution in [0.1, 0.15) is 17.7 Å². The molecule has 0 N–H and O–H groups in total. The third-order valence-electron chi connectivity index (χ3n) is 5.16. The number of aryl methyl sites for hydroxylation is 2. The van der Waals surface area contributed by atoms with Gasteiger partial charge in [0.1, 0.15) is 11.3 Å². The lowest BCUT2D eigenvalue weighted by Gasteiger charge is -2.17.